The summed E-state index contributed by atoms with van der Waals surface area (Å²) < 4.78 is 1.35. The van der Waals surface area contributed by atoms with Gasteiger partial charge in [0.15, 0.2) is 0 Å². The van der Waals surface area contributed by atoms with Crippen molar-refractivity contribution in [3.05, 3.63) is 42.5 Å². The van der Waals surface area contributed by atoms with Crippen LogP contribution < -0.4 is 4.40 Å². The molecule has 0 amide bonds. The molecule has 0 nitrogen and oxygen atoms in total. The molecule has 14 heavy (non-hydrogen) atoms. The molecule has 0 aliphatic carbocycles. The van der Waals surface area contributed by atoms with Crippen LogP contribution in [0.1, 0.15) is 0 Å². The summed E-state index contributed by atoms with van der Waals surface area (Å²) in [6, 6.07) is 14.8. The molecule has 0 unspecified atom stereocenters. The Morgan fingerprint density at radius 1 is 0.714 bits per heavy atom. The predicted octanol–water partition coefficient (Wildman–Crippen LogP) is 3.49. The molecule has 4 heteroatoms. The van der Waals surface area contributed by atoms with Crippen LogP contribution in [0.3, 0.4) is 0 Å². The van der Waals surface area contributed by atoms with E-state index in [9.17, 15) is 0 Å². The Bertz CT molecular complexity index is 385. The number of hydrogen-bond acceptors (Lipinski definition) is 0. The van der Waals surface area contributed by atoms with Gasteiger partial charge >= 0.3 is 74.1 Å². The topological polar surface area (TPSA) is 0 Å². The van der Waals surface area contributed by atoms with E-state index in [1.807, 2.05) is 0 Å². The third-order valence-corrected chi connectivity index (χ3v) is 2.70. The molecule has 75 valence electrons. The fourth-order valence-corrected chi connectivity index (χ4v) is 1.90. The van der Waals surface area contributed by atoms with E-state index >= 15 is 0 Å². The van der Waals surface area contributed by atoms with Gasteiger partial charge < -0.3 is 0 Å². The second kappa shape index (κ2) is 8.57. The van der Waals surface area contributed by atoms with Crippen molar-refractivity contribution in [2.45, 2.75) is 0 Å². The number of benzene rings is 2. The van der Waals surface area contributed by atoms with Gasteiger partial charge in [0.05, 0.1) is 0 Å². The number of halogens is 3. The summed E-state index contributed by atoms with van der Waals surface area (Å²) in [7, 11) is 0. The molecule has 0 heterocycles. The van der Waals surface area contributed by atoms with Gasteiger partial charge in [0.25, 0.3) is 0 Å². The minimum atomic E-state index is 0. The molecule has 0 atom stereocenters. The van der Waals surface area contributed by atoms with Crippen LogP contribution in [0.2, 0.25) is 0 Å². The Morgan fingerprint density at radius 2 is 1.29 bits per heavy atom. The van der Waals surface area contributed by atoms with Crippen LogP contribution in [0.4, 0.5) is 0 Å². The zero-order valence-electron chi connectivity index (χ0n) is 7.27. The van der Waals surface area contributed by atoms with E-state index in [0.29, 0.717) is 0 Å². The van der Waals surface area contributed by atoms with Crippen molar-refractivity contribution in [2.24, 2.45) is 0 Å². The summed E-state index contributed by atoms with van der Waals surface area (Å²) in [5.41, 5.74) is 0. The van der Waals surface area contributed by atoms with E-state index in [2.05, 4.69) is 59.0 Å². The third kappa shape index (κ3) is 4.13. The Labute approximate surface area is 144 Å². The molecule has 0 spiro atoms. The van der Waals surface area contributed by atoms with Gasteiger partial charge in [0, 0.05) is 0 Å². The second-order valence-electron chi connectivity index (χ2n) is 2.53. The number of rotatable bonds is 0. The van der Waals surface area contributed by atoms with E-state index in [1.54, 1.807) is 0 Å². The Morgan fingerprint density at radius 3 is 1.93 bits per heavy atom. The summed E-state index contributed by atoms with van der Waals surface area (Å²) in [6.07, 6.45) is 0. The van der Waals surface area contributed by atoms with Crippen LogP contribution in [0, 0.1) is 0 Å². The molecule has 0 aliphatic rings. The summed E-state index contributed by atoms with van der Waals surface area (Å²) in [4.78, 5) is 0. The van der Waals surface area contributed by atoms with Crippen LogP contribution in [0.25, 0.3) is 10.8 Å². The van der Waals surface area contributed by atoms with E-state index < -0.39 is 0 Å². The number of hydrogen-bond donors (Lipinski definition) is 0. The molecule has 0 saturated heterocycles. The molecule has 0 fully saturated rings. The van der Waals surface area contributed by atoms with Crippen LogP contribution in [0.5, 0.6) is 0 Å². The molecule has 0 aromatic heterocycles. The zero-order chi connectivity index (χ0) is 7.68. The van der Waals surface area contributed by atoms with Gasteiger partial charge in [-0.3, -0.25) is 0 Å². The van der Waals surface area contributed by atoms with Crippen LogP contribution >= 0.6 is 71.9 Å². The molecule has 0 bridgehead atoms. The van der Waals surface area contributed by atoms with Crippen molar-refractivity contribution >= 4 is 104 Å². The Kier molecular flexibility index (Phi) is 10.9. The van der Waals surface area contributed by atoms with Crippen molar-refractivity contribution < 1.29 is 0 Å². The molecule has 2 aromatic carbocycles. The summed E-state index contributed by atoms with van der Waals surface area (Å²) in [5.74, 6) is 0. The van der Waals surface area contributed by atoms with E-state index in [0.717, 1.165) is 0 Å². The first-order valence-corrected chi connectivity index (χ1v) is 4.62. The zero-order valence-corrected chi connectivity index (χ0v) is 16.4. The van der Waals surface area contributed by atoms with Crippen LogP contribution in [-0.4, -0.2) is 16.5 Å². The van der Waals surface area contributed by atoms with Crippen molar-refractivity contribution in [3.63, 3.8) is 0 Å². The van der Waals surface area contributed by atoms with E-state index in [4.69, 9.17) is 0 Å². The van der Waals surface area contributed by atoms with Gasteiger partial charge in [-0.05, 0) is 0 Å². The Hall–Kier alpha value is 1.43. The van der Waals surface area contributed by atoms with Crippen LogP contribution in [-0.2, 0) is 0 Å². The summed E-state index contributed by atoms with van der Waals surface area (Å²) >= 11 is 2.14. The van der Waals surface area contributed by atoms with Gasteiger partial charge in [-0.1, -0.05) is 0 Å². The molecular weight excluding hydrogens is 573 g/mol. The maximum absolute atomic E-state index is 2.16. The van der Waals surface area contributed by atoms with Crippen molar-refractivity contribution in [1.29, 1.82) is 0 Å². The fourth-order valence-electron chi connectivity index (χ4n) is 1.23. The van der Waals surface area contributed by atoms with Gasteiger partial charge in [-0.2, -0.15) is 0 Å². The van der Waals surface area contributed by atoms with E-state index in [1.165, 1.54) is 15.2 Å². The monoisotopic (exact) mass is 585 g/mol. The first kappa shape index (κ1) is 17.8. The van der Waals surface area contributed by atoms with Gasteiger partial charge in [-0.25, -0.2) is 0 Å². The molecular formula is C10H10GeI3. The Balaban J connectivity index is 0. The second-order valence-corrected chi connectivity index (χ2v) is 3.66. The summed E-state index contributed by atoms with van der Waals surface area (Å²) in [5, 5.41) is 2.68. The minimum absolute atomic E-state index is 0. The van der Waals surface area contributed by atoms with Gasteiger partial charge in [0.2, 0.25) is 0 Å². The molecule has 0 saturated carbocycles. The first-order chi connectivity index (χ1) is 5.38. The standard InChI is InChI=1S/C10H7Ge.3HI/c11-10-7-3-5-8-4-1-2-6-9(8)10;;;/h1-7H;3*1H. The average molecular weight is 584 g/mol. The maximum atomic E-state index is 2.16. The first-order valence-electron chi connectivity index (χ1n) is 3.57. The SMILES string of the molecule is I.I.I.[Ge][c]1cccc2ccccc12. The quantitative estimate of drug-likeness (QED) is 0.329. The van der Waals surface area contributed by atoms with E-state index in [-0.39, 0.29) is 71.9 Å². The summed E-state index contributed by atoms with van der Waals surface area (Å²) in [6.45, 7) is 0. The molecule has 2 rings (SSSR count). The van der Waals surface area contributed by atoms with Crippen molar-refractivity contribution in [2.75, 3.05) is 0 Å². The normalized spacial score (nSPS) is 8.07. The van der Waals surface area contributed by atoms with Crippen molar-refractivity contribution in [3.8, 4) is 0 Å². The predicted molar refractivity (Wildman–Crippen MR) is 95.6 cm³/mol. The van der Waals surface area contributed by atoms with Gasteiger partial charge in [0.1, 0.15) is 0 Å². The number of fused-ring (bicyclic) bond motifs is 1. The molecule has 0 aliphatic heterocycles. The molecule has 3 radical (unpaired) electrons. The van der Waals surface area contributed by atoms with Crippen LogP contribution in [0.15, 0.2) is 42.5 Å². The molecule has 2 aromatic rings. The molecule has 0 N–H and O–H groups in total. The fraction of sp³-hybridized carbons (Fsp3) is 0. The van der Waals surface area contributed by atoms with Gasteiger partial charge in [-0.15, -0.1) is 71.9 Å². The average Bonchev–Trinajstić information content (AvgIpc) is 2.06. The third-order valence-electron chi connectivity index (χ3n) is 1.79. The van der Waals surface area contributed by atoms with Crippen molar-refractivity contribution in [1.82, 2.24) is 0 Å².